The molecule has 1 aliphatic heterocycles. The van der Waals surface area contributed by atoms with Crippen molar-refractivity contribution in [2.24, 2.45) is 0 Å². The molecule has 2 aromatic rings. The van der Waals surface area contributed by atoms with Gasteiger partial charge in [0.2, 0.25) is 0 Å². The predicted octanol–water partition coefficient (Wildman–Crippen LogP) is 3.63. The van der Waals surface area contributed by atoms with Gasteiger partial charge in [-0.15, -0.1) is 0 Å². The van der Waals surface area contributed by atoms with Crippen LogP contribution in [-0.4, -0.2) is 38.2 Å². The van der Waals surface area contributed by atoms with E-state index in [1.807, 2.05) is 6.92 Å². The summed E-state index contributed by atoms with van der Waals surface area (Å²) in [6.45, 7) is 5.13. The maximum Gasteiger partial charge on any atom is 0.265 e. The summed E-state index contributed by atoms with van der Waals surface area (Å²) in [5.74, 6) is 1.61. The Morgan fingerprint density at radius 3 is 2.52 bits per heavy atom. The van der Waals surface area contributed by atoms with Crippen LogP contribution in [0.15, 0.2) is 42.5 Å². The molecule has 2 amide bonds. The maximum atomic E-state index is 12.3. The molecule has 2 aromatic carbocycles. The van der Waals surface area contributed by atoms with Crippen molar-refractivity contribution in [3.8, 4) is 17.2 Å². The highest BCUT2D eigenvalue weighted by atomic mass is 16.5. The molecule has 7 heteroatoms. The van der Waals surface area contributed by atoms with Gasteiger partial charge in [0.1, 0.15) is 17.2 Å². The molecule has 7 nitrogen and oxygen atoms in total. The van der Waals surface area contributed by atoms with Gasteiger partial charge in [0.25, 0.3) is 11.8 Å². The zero-order chi connectivity index (χ0) is 20.6. The second-order valence-electron chi connectivity index (χ2n) is 6.61. The molecule has 0 saturated heterocycles. The van der Waals surface area contributed by atoms with E-state index in [1.165, 1.54) is 0 Å². The summed E-state index contributed by atoms with van der Waals surface area (Å²) in [5.41, 5.74) is 1.27. The quantitative estimate of drug-likeness (QED) is 0.698. The van der Waals surface area contributed by atoms with Gasteiger partial charge in [-0.1, -0.05) is 13.3 Å². The number of nitrogens with one attached hydrogen (secondary N) is 1. The lowest BCUT2D eigenvalue weighted by atomic mass is 10.2. The Bertz CT molecular complexity index is 851. The van der Waals surface area contributed by atoms with E-state index in [1.54, 1.807) is 47.4 Å². The number of carbonyl (C=O) groups excluding carboxylic acids is 2. The number of fused-ring (bicyclic) bond motifs is 1. The number of rotatable bonds is 9. The number of hydrogen-bond acceptors (Lipinski definition) is 5. The van der Waals surface area contributed by atoms with E-state index in [0.29, 0.717) is 36.0 Å². The molecule has 0 saturated carbocycles. The van der Waals surface area contributed by atoms with E-state index in [0.717, 1.165) is 18.6 Å². The molecule has 29 heavy (non-hydrogen) atoms. The van der Waals surface area contributed by atoms with Gasteiger partial charge in [-0.05, 0) is 55.8 Å². The van der Waals surface area contributed by atoms with Crippen LogP contribution in [0.2, 0.25) is 0 Å². The fourth-order valence-electron chi connectivity index (χ4n) is 2.99. The molecule has 154 valence electrons. The third-order valence-corrected chi connectivity index (χ3v) is 4.43. The molecular weight excluding hydrogens is 372 g/mol. The second kappa shape index (κ2) is 9.82. The Balaban J connectivity index is 1.60. The van der Waals surface area contributed by atoms with Gasteiger partial charge in [0.05, 0.1) is 12.3 Å². The van der Waals surface area contributed by atoms with Gasteiger partial charge in [0.15, 0.2) is 13.2 Å². The van der Waals surface area contributed by atoms with Crippen molar-refractivity contribution in [1.82, 2.24) is 0 Å². The van der Waals surface area contributed by atoms with Crippen molar-refractivity contribution in [3.63, 3.8) is 0 Å². The highest BCUT2D eigenvalue weighted by Crippen LogP contribution is 2.34. The number of nitrogens with zero attached hydrogens (tertiary/aromatic N) is 1. The summed E-state index contributed by atoms with van der Waals surface area (Å²) < 4.78 is 16.4. The minimum Gasteiger partial charge on any atom is -0.494 e. The Kier molecular flexibility index (Phi) is 6.94. The van der Waals surface area contributed by atoms with Gasteiger partial charge in [-0.25, -0.2) is 0 Å². The SMILES string of the molecule is CCCCN1C(=O)COc2ccc(NC(=O)COc3ccc(OCC)cc3)cc21. The van der Waals surface area contributed by atoms with Gasteiger partial charge < -0.3 is 24.4 Å². The van der Waals surface area contributed by atoms with E-state index in [-0.39, 0.29) is 25.0 Å². The molecule has 0 atom stereocenters. The minimum atomic E-state index is -0.290. The number of carbonyl (C=O) groups is 2. The van der Waals surface area contributed by atoms with E-state index in [9.17, 15) is 9.59 Å². The predicted molar refractivity (Wildman–Crippen MR) is 111 cm³/mol. The van der Waals surface area contributed by atoms with E-state index in [4.69, 9.17) is 14.2 Å². The average molecular weight is 398 g/mol. The van der Waals surface area contributed by atoms with E-state index < -0.39 is 0 Å². The summed E-state index contributed by atoms with van der Waals surface area (Å²) in [6, 6.07) is 12.4. The lowest BCUT2D eigenvalue weighted by Crippen LogP contribution is -2.39. The molecule has 0 unspecified atom stereocenters. The fourth-order valence-corrected chi connectivity index (χ4v) is 2.99. The van der Waals surface area contributed by atoms with Gasteiger partial charge in [-0.2, -0.15) is 0 Å². The van der Waals surface area contributed by atoms with Crippen molar-refractivity contribution in [2.45, 2.75) is 26.7 Å². The third kappa shape index (κ3) is 5.40. The van der Waals surface area contributed by atoms with Crippen LogP contribution in [0.3, 0.4) is 0 Å². The summed E-state index contributed by atoms with van der Waals surface area (Å²) >= 11 is 0. The molecule has 1 heterocycles. The van der Waals surface area contributed by atoms with Crippen LogP contribution in [-0.2, 0) is 9.59 Å². The molecule has 0 fully saturated rings. The molecule has 0 bridgehead atoms. The van der Waals surface area contributed by atoms with E-state index in [2.05, 4.69) is 12.2 Å². The van der Waals surface area contributed by atoms with Crippen LogP contribution in [0.25, 0.3) is 0 Å². The molecular formula is C22H26N2O5. The maximum absolute atomic E-state index is 12.3. The average Bonchev–Trinajstić information content (AvgIpc) is 2.73. The van der Waals surface area contributed by atoms with Gasteiger partial charge >= 0.3 is 0 Å². The molecule has 0 aromatic heterocycles. The standard InChI is InChI=1S/C22H26N2O5/c1-3-5-12-24-19-13-16(6-11-20(19)29-15-22(24)26)23-21(25)14-28-18-9-7-17(8-10-18)27-4-2/h6-11,13H,3-5,12,14-15H2,1-2H3,(H,23,25). The molecule has 1 aliphatic rings. The van der Waals surface area contributed by atoms with Crippen LogP contribution in [0.4, 0.5) is 11.4 Å². The van der Waals surface area contributed by atoms with Crippen LogP contribution >= 0.6 is 0 Å². The van der Waals surface area contributed by atoms with Crippen LogP contribution in [0.1, 0.15) is 26.7 Å². The zero-order valence-corrected chi connectivity index (χ0v) is 16.8. The first-order valence-corrected chi connectivity index (χ1v) is 9.83. The molecule has 0 radical (unpaired) electrons. The number of hydrogen-bond donors (Lipinski definition) is 1. The smallest absolute Gasteiger partial charge is 0.265 e. The van der Waals surface area contributed by atoms with Crippen molar-refractivity contribution >= 4 is 23.2 Å². The largest absolute Gasteiger partial charge is 0.494 e. The summed E-state index contributed by atoms with van der Waals surface area (Å²) in [7, 11) is 0. The molecule has 1 N–H and O–H groups in total. The van der Waals surface area contributed by atoms with E-state index >= 15 is 0 Å². The monoisotopic (exact) mass is 398 g/mol. The highest BCUT2D eigenvalue weighted by molar-refractivity contribution is 5.99. The fraction of sp³-hybridized carbons (Fsp3) is 0.364. The number of unbranched alkanes of at least 4 members (excludes halogenated alkanes) is 1. The molecule has 0 aliphatic carbocycles. The summed E-state index contributed by atoms with van der Waals surface area (Å²) in [6.07, 6.45) is 1.89. The molecule has 3 rings (SSSR count). The first kappa shape index (κ1) is 20.5. The zero-order valence-electron chi connectivity index (χ0n) is 16.8. The normalized spacial score (nSPS) is 12.8. The minimum absolute atomic E-state index is 0.0400. The third-order valence-electron chi connectivity index (χ3n) is 4.43. The van der Waals surface area contributed by atoms with Crippen LogP contribution in [0, 0.1) is 0 Å². The Hall–Kier alpha value is -3.22. The second-order valence-corrected chi connectivity index (χ2v) is 6.61. The number of amides is 2. The van der Waals surface area contributed by atoms with Crippen molar-refractivity contribution in [2.75, 3.05) is 36.6 Å². The Morgan fingerprint density at radius 1 is 1.10 bits per heavy atom. The first-order chi connectivity index (χ1) is 14.1. The lowest BCUT2D eigenvalue weighted by Gasteiger charge is -2.29. The lowest BCUT2D eigenvalue weighted by molar-refractivity contribution is -0.121. The number of anilines is 2. The summed E-state index contributed by atoms with van der Waals surface area (Å²) in [4.78, 5) is 26.2. The van der Waals surface area contributed by atoms with Gasteiger partial charge in [0, 0.05) is 12.2 Å². The van der Waals surface area contributed by atoms with Crippen LogP contribution in [0.5, 0.6) is 17.2 Å². The highest BCUT2D eigenvalue weighted by Gasteiger charge is 2.25. The topological polar surface area (TPSA) is 77.1 Å². The number of ether oxygens (including phenoxy) is 3. The Morgan fingerprint density at radius 2 is 1.83 bits per heavy atom. The Labute approximate surface area is 170 Å². The number of benzene rings is 2. The van der Waals surface area contributed by atoms with Gasteiger partial charge in [-0.3, -0.25) is 9.59 Å². The van der Waals surface area contributed by atoms with Crippen LogP contribution < -0.4 is 24.4 Å². The molecule has 0 spiro atoms. The first-order valence-electron chi connectivity index (χ1n) is 9.83. The summed E-state index contributed by atoms with van der Waals surface area (Å²) in [5, 5.41) is 2.80. The van der Waals surface area contributed by atoms with Crippen molar-refractivity contribution in [3.05, 3.63) is 42.5 Å². The van der Waals surface area contributed by atoms with Crippen molar-refractivity contribution < 1.29 is 23.8 Å². The van der Waals surface area contributed by atoms with Crippen molar-refractivity contribution in [1.29, 1.82) is 0 Å².